The molecule has 2 fully saturated rings. The highest BCUT2D eigenvalue weighted by atomic mass is 16.5. The molecule has 0 unspecified atom stereocenters. The Morgan fingerprint density at radius 2 is 1.92 bits per heavy atom. The van der Waals surface area contributed by atoms with Crippen LogP contribution < -0.4 is 10.2 Å². The zero-order valence-corrected chi connectivity index (χ0v) is 14.9. The lowest BCUT2D eigenvalue weighted by atomic mass is 10.1. The fourth-order valence-corrected chi connectivity index (χ4v) is 3.46. The maximum Gasteiger partial charge on any atom is 0.329 e. The number of ether oxygens (including phenoxy) is 2. The molecule has 1 aromatic rings. The van der Waals surface area contributed by atoms with Crippen LogP contribution in [0, 0.1) is 0 Å². The van der Waals surface area contributed by atoms with Crippen LogP contribution in [-0.4, -0.2) is 62.0 Å². The van der Waals surface area contributed by atoms with Gasteiger partial charge in [-0.3, -0.25) is 4.79 Å². The van der Waals surface area contributed by atoms with E-state index in [0.717, 1.165) is 18.8 Å². The third-order valence-electron chi connectivity index (χ3n) is 4.88. The van der Waals surface area contributed by atoms with Crippen molar-refractivity contribution in [1.82, 2.24) is 5.32 Å². The Labute approximate surface area is 153 Å². The molecule has 2 heterocycles. The van der Waals surface area contributed by atoms with E-state index in [1.165, 1.54) is 19.3 Å². The van der Waals surface area contributed by atoms with Crippen LogP contribution in [0.2, 0.25) is 0 Å². The minimum absolute atomic E-state index is 0.199. The van der Waals surface area contributed by atoms with Gasteiger partial charge < -0.3 is 24.8 Å². The van der Waals surface area contributed by atoms with E-state index >= 15 is 0 Å². The number of benzene rings is 1. The Bertz CT molecular complexity index is 613. The lowest BCUT2D eigenvalue weighted by Gasteiger charge is -2.31. The van der Waals surface area contributed by atoms with Crippen molar-refractivity contribution in [2.24, 2.45) is 0 Å². The number of rotatable bonds is 6. The largest absolute Gasteiger partial charge is 0.480 e. The molecule has 0 radical (unpaired) electrons. The fraction of sp³-hybridized carbons (Fsp3) is 0.579. The molecule has 0 aliphatic carbocycles. The summed E-state index contributed by atoms with van der Waals surface area (Å²) in [6, 6.07) is 7.27. The molecule has 0 aromatic heterocycles. The van der Waals surface area contributed by atoms with Crippen molar-refractivity contribution in [2.75, 3.05) is 37.8 Å². The van der Waals surface area contributed by atoms with Crippen LogP contribution in [0.4, 0.5) is 5.69 Å². The van der Waals surface area contributed by atoms with Gasteiger partial charge in [-0.15, -0.1) is 0 Å². The number of carboxylic acid groups (broad SMARTS) is 1. The van der Waals surface area contributed by atoms with Crippen molar-refractivity contribution in [1.29, 1.82) is 0 Å². The van der Waals surface area contributed by atoms with E-state index in [0.29, 0.717) is 25.2 Å². The van der Waals surface area contributed by atoms with E-state index in [-0.39, 0.29) is 24.7 Å². The summed E-state index contributed by atoms with van der Waals surface area (Å²) < 4.78 is 10.8. The topological polar surface area (TPSA) is 88.1 Å². The average Bonchev–Trinajstić information content (AvgIpc) is 2.68. The number of piperidine rings is 1. The quantitative estimate of drug-likeness (QED) is 0.800. The molecule has 2 aliphatic rings. The van der Waals surface area contributed by atoms with E-state index in [2.05, 4.69) is 10.2 Å². The van der Waals surface area contributed by atoms with Gasteiger partial charge in [-0.2, -0.15) is 0 Å². The number of nitrogens with zero attached hydrogens (tertiary/aromatic N) is 1. The Hall–Kier alpha value is -2.12. The van der Waals surface area contributed by atoms with Crippen LogP contribution in [0.15, 0.2) is 24.3 Å². The number of carboxylic acids is 1. The van der Waals surface area contributed by atoms with Gasteiger partial charge in [0, 0.05) is 30.9 Å². The SMILES string of the molecule is O=C(O)CO[C@H]1CCOC[C@H]1NC(=O)c1ccc(N2CCCCC2)cc1. The number of carbonyl (C=O) groups is 2. The minimum atomic E-state index is -1.02. The van der Waals surface area contributed by atoms with Crippen molar-refractivity contribution in [2.45, 2.75) is 37.8 Å². The average molecular weight is 362 g/mol. The summed E-state index contributed by atoms with van der Waals surface area (Å²) in [5.41, 5.74) is 1.72. The fourth-order valence-electron chi connectivity index (χ4n) is 3.46. The molecule has 7 nitrogen and oxygen atoms in total. The summed E-state index contributed by atoms with van der Waals surface area (Å²) in [6.07, 6.45) is 3.91. The zero-order chi connectivity index (χ0) is 18.4. The van der Waals surface area contributed by atoms with Crippen molar-refractivity contribution in [3.05, 3.63) is 29.8 Å². The number of nitrogens with one attached hydrogen (secondary N) is 1. The molecule has 26 heavy (non-hydrogen) atoms. The van der Waals surface area contributed by atoms with Gasteiger partial charge in [-0.1, -0.05) is 0 Å². The molecule has 2 N–H and O–H groups in total. The van der Waals surface area contributed by atoms with Crippen molar-refractivity contribution >= 4 is 17.6 Å². The Balaban J connectivity index is 1.58. The number of aliphatic carboxylic acids is 1. The van der Waals surface area contributed by atoms with Gasteiger partial charge in [-0.05, 0) is 49.9 Å². The lowest BCUT2D eigenvalue weighted by Crippen LogP contribution is -2.51. The van der Waals surface area contributed by atoms with E-state index in [1.807, 2.05) is 24.3 Å². The zero-order valence-electron chi connectivity index (χ0n) is 14.9. The summed E-state index contributed by atoms with van der Waals surface area (Å²) in [7, 11) is 0. The first kappa shape index (κ1) is 18.7. The second-order valence-corrected chi connectivity index (χ2v) is 6.78. The molecule has 142 valence electrons. The maximum atomic E-state index is 12.5. The number of carbonyl (C=O) groups excluding carboxylic acids is 1. The molecule has 0 spiro atoms. The van der Waals surface area contributed by atoms with Crippen LogP contribution in [0.5, 0.6) is 0 Å². The Morgan fingerprint density at radius 3 is 2.62 bits per heavy atom. The van der Waals surface area contributed by atoms with Crippen LogP contribution in [-0.2, 0) is 14.3 Å². The Kier molecular flexibility index (Phi) is 6.46. The molecular formula is C19H26N2O5. The first-order chi connectivity index (χ1) is 12.6. The van der Waals surface area contributed by atoms with Crippen molar-refractivity contribution < 1.29 is 24.2 Å². The summed E-state index contributed by atoms with van der Waals surface area (Å²) in [5, 5.41) is 11.7. The highest BCUT2D eigenvalue weighted by molar-refractivity contribution is 5.94. The van der Waals surface area contributed by atoms with E-state index in [4.69, 9.17) is 14.6 Å². The summed E-state index contributed by atoms with van der Waals surface area (Å²) in [6.45, 7) is 2.58. The third-order valence-corrected chi connectivity index (χ3v) is 4.88. The standard InChI is InChI=1S/C19H26N2O5/c22-18(23)13-26-17-8-11-25-12-16(17)20-19(24)14-4-6-15(7-5-14)21-9-2-1-3-10-21/h4-7,16-17H,1-3,8-13H2,(H,20,24)(H,22,23)/t16-,17+/m1/s1. The molecule has 2 atom stereocenters. The number of anilines is 1. The predicted octanol–water partition coefficient (Wildman–Crippen LogP) is 1.67. The van der Waals surface area contributed by atoms with Gasteiger partial charge in [0.15, 0.2) is 0 Å². The number of hydrogen-bond acceptors (Lipinski definition) is 5. The molecule has 2 saturated heterocycles. The van der Waals surface area contributed by atoms with E-state index in [1.54, 1.807) is 0 Å². The first-order valence-electron chi connectivity index (χ1n) is 9.20. The maximum absolute atomic E-state index is 12.5. The normalized spacial score (nSPS) is 23.5. The second kappa shape index (κ2) is 9.00. The van der Waals surface area contributed by atoms with Crippen LogP contribution in [0.1, 0.15) is 36.0 Å². The lowest BCUT2D eigenvalue weighted by molar-refractivity contribution is -0.147. The minimum Gasteiger partial charge on any atom is -0.480 e. The van der Waals surface area contributed by atoms with Gasteiger partial charge in [0.1, 0.15) is 6.61 Å². The predicted molar refractivity (Wildman–Crippen MR) is 96.6 cm³/mol. The van der Waals surface area contributed by atoms with Gasteiger partial charge in [0.25, 0.3) is 5.91 Å². The second-order valence-electron chi connectivity index (χ2n) is 6.78. The van der Waals surface area contributed by atoms with Gasteiger partial charge in [-0.25, -0.2) is 4.79 Å². The summed E-state index contributed by atoms with van der Waals surface area (Å²) >= 11 is 0. The third kappa shape index (κ3) is 4.95. The molecule has 1 aromatic carbocycles. The number of hydrogen-bond donors (Lipinski definition) is 2. The van der Waals surface area contributed by atoms with Crippen LogP contribution in [0.3, 0.4) is 0 Å². The smallest absolute Gasteiger partial charge is 0.329 e. The van der Waals surface area contributed by atoms with Gasteiger partial charge in [0.05, 0.1) is 18.8 Å². The molecular weight excluding hydrogens is 336 g/mol. The molecule has 1 amide bonds. The molecule has 0 bridgehead atoms. The molecule has 2 aliphatic heterocycles. The highest BCUT2D eigenvalue weighted by Gasteiger charge is 2.29. The summed E-state index contributed by atoms with van der Waals surface area (Å²) in [4.78, 5) is 25.6. The summed E-state index contributed by atoms with van der Waals surface area (Å²) in [5.74, 6) is -1.22. The molecule has 0 saturated carbocycles. The van der Waals surface area contributed by atoms with E-state index < -0.39 is 5.97 Å². The van der Waals surface area contributed by atoms with Gasteiger partial charge in [0.2, 0.25) is 0 Å². The van der Waals surface area contributed by atoms with Crippen LogP contribution >= 0.6 is 0 Å². The van der Waals surface area contributed by atoms with Crippen molar-refractivity contribution in [3.8, 4) is 0 Å². The van der Waals surface area contributed by atoms with Crippen molar-refractivity contribution in [3.63, 3.8) is 0 Å². The first-order valence-corrected chi connectivity index (χ1v) is 9.20. The Morgan fingerprint density at radius 1 is 1.19 bits per heavy atom. The number of amides is 1. The van der Waals surface area contributed by atoms with Gasteiger partial charge >= 0.3 is 5.97 Å². The monoisotopic (exact) mass is 362 g/mol. The van der Waals surface area contributed by atoms with Crippen LogP contribution in [0.25, 0.3) is 0 Å². The molecule has 7 heteroatoms. The molecule has 3 rings (SSSR count). The highest BCUT2D eigenvalue weighted by Crippen LogP contribution is 2.20. The van der Waals surface area contributed by atoms with E-state index in [9.17, 15) is 9.59 Å².